The van der Waals surface area contributed by atoms with Crippen molar-refractivity contribution in [2.24, 2.45) is 0 Å². The minimum atomic E-state index is -4.16. The lowest BCUT2D eigenvalue weighted by Gasteiger charge is -1.89. The van der Waals surface area contributed by atoms with Gasteiger partial charge in [-0.1, -0.05) is 4.55 Å². The van der Waals surface area contributed by atoms with E-state index in [0.717, 1.165) is 12.8 Å². The standard InChI is InChI=1S/C3H6NO3S/c5-8(6,7)4-3-1-2-3/h3-4H,1-2H2. The molecular weight excluding hydrogens is 130 g/mol. The Hall–Kier alpha value is -0.130. The fraction of sp³-hybridized carbons (Fsp3) is 1.00. The van der Waals surface area contributed by atoms with Gasteiger partial charge in [-0.15, -0.1) is 0 Å². The molecule has 1 N–H and O–H groups in total. The molecule has 1 radical (unpaired) electrons. The highest BCUT2D eigenvalue weighted by atomic mass is 32.2. The van der Waals surface area contributed by atoms with Crippen molar-refractivity contribution in [2.45, 2.75) is 18.9 Å². The minimum Gasteiger partial charge on any atom is -0.187 e. The summed E-state index contributed by atoms with van der Waals surface area (Å²) in [5.74, 6) is 0. The molecule has 1 saturated carbocycles. The first-order chi connectivity index (χ1) is 3.58. The average molecular weight is 136 g/mol. The molecule has 0 unspecified atom stereocenters. The van der Waals surface area contributed by atoms with Crippen molar-refractivity contribution >= 4 is 10.3 Å². The quantitative estimate of drug-likeness (QED) is 0.551. The molecule has 47 valence electrons. The number of hydrogen-bond acceptors (Lipinski definition) is 2. The van der Waals surface area contributed by atoms with E-state index in [1.165, 1.54) is 0 Å². The highest BCUT2D eigenvalue weighted by molar-refractivity contribution is 7.83. The maximum atomic E-state index is 9.82. The minimum absolute atomic E-state index is 0.0579. The third-order valence-electron chi connectivity index (χ3n) is 0.888. The molecular formula is C3H6NO3S. The molecule has 1 fully saturated rings. The fourth-order valence-electron chi connectivity index (χ4n) is 0.405. The van der Waals surface area contributed by atoms with Gasteiger partial charge >= 0.3 is 10.3 Å². The summed E-state index contributed by atoms with van der Waals surface area (Å²) >= 11 is 0. The molecule has 0 amide bonds. The summed E-state index contributed by atoms with van der Waals surface area (Å²) in [7, 11) is -4.16. The lowest BCUT2D eigenvalue weighted by atomic mass is 10.8. The van der Waals surface area contributed by atoms with Gasteiger partial charge < -0.3 is 0 Å². The van der Waals surface area contributed by atoms with E-state index in [1.807, 2.05) is 4.72 Å². The molecule has 0 atom stereocenters. The Bertz CT molecular complexity index is 169. The van der Waals surface area contributed by atoms with Crippen molar-refractivity contribution in [3.63, 3.8) is 0 Å². The van der Waals surface area contributed by atoms with E-state index in [1.54, 1.807) is 0 Å². The molecule has 0 spiro atoms. The molecule has 4 nitrogen and oxygen atoms in total. The third-order valence-corrected chi connectivity index (χ3v) is 1.51. The SMILES string of the molecule is [O]S(=O)(=O)NC1CC1. The average Bonchev–Trinajstić information content (AvgIpc) is 2.12. The molecule has 5 heteroatoms. The van der Waals surface area contributed by atoms with Crippen LogP contribution in [0.5, 0.6) is 0 Å². The van der Waals surface area contributed by atoms with Crippen LogP contribution in [0.1, 0.15) is 12.8 Å². The van der Waals surface area contributed by atoms with Gasteiger partial charge in [0.1, 0.15) is 0 Å². The van der Waals surface area contributed by atoms with Gasteiger partial charge in [0.05, 0.1) is 0 Å². The van der Waals surface area contributed by atoms with E-state index in [2.05, 4.69) is 0 Å². The number of rotatable bonds is 2. The summed E-state index contributed by atoms with van der Waals surface area (Å²) in [5.41, 5.74) is 0. The van der Waals surface area contributed by atoms with Crippen LogP contribution in [-0.2, 0) is 14.9 Å². The van der Waals surface area contributed by atoms with Gasteiger partial charge in [-0.05, 0) is 12.8 Å². The Morgan fingerprint density at radius 1 is 1.38 bits per heavy atom. The highest BCUT2D eigenvalue weighted by Crippen LogP contribution is 2.19. The maximum absolute atomic E-state index is 9.82. The zero-order valence-electron chi connectivity index (χ0n) is 4.12. The highest BCUT2D eigenvalue weighted by Gasteiger charge is 2.25. The molecule has 1 rings (SSSR count). The smallest absolute Gasteiger partial charge is 0.187 e. The maximum Gasteiger partial charge on any atom is 0.363 e. The molecule has 8 heavy (non-hydrogen) atoms. The van der Waals surface area contributed by atoms with E-state index in [4.69, 9.17) is 0 Å². The van der Waals surface area contributed by atoms with Crippen LogP contribution in [0.25, 0.3) is 0 Å². The molecule has 0 saturated heterocycles. The van der Waals surface area contributed by atoms with Crippen LogP contribution in [0.4, 0.5) is 0 Å². The second-order valence-corrected chi connectivity index (χ2v) is 2.99. The topological polar surface area (TPSA) is 66.1 Å². The molecule has 0 aromatic heterocycles. The van der Waals surface area contributed by atoms with E-state index in [9.17, 15) is 13.0 Å². The predicted molar refractivity (Wildman–Crippen MR) is 25.8 cm³/mol. The third kappa shape index (κ3) is 2.25. The summed E-state index contributed by atoms with van der Waals surface area (Å²) in [4.78, 5) is 0. The molecule has 1 aliphatic rings. The number of hydrogen-bond donors (Lipinski definition) is 1. The zero-order valence-corrected chi connectivity index (χ0v) is 4.94. The van der Waals surface area contributed by atoms with Gasteiger partial charge in [0.25, 0.3) is 0 Å². The van der Waals surface area contributed by atoms with E-state index < -0.39 is 10.3 Å². The molecule has 0 aromatic rings. The van der Waals surface area contributed by atoms with Gasteiger partial charge in [-0.25, -0.2) is 0 Å². The first-order valence-corrected chi connectivity index (χ1v) is 3.72. The van der Waals surface area contributed by atoms with Gasteiger partial charge in [0, 0.05) is 6.04 Å². The lowest BCUT2D eigenvalue weighted by Crippen LogP contribution is -2.23. The van der Waals surface area contributed by atoms with Gasteiger partial charge in [0.15, 0.2) is 0 Å². The van der Waals surface area contributed by atoms with Gasteiger partial charge in [-0.3, -0.25) is 0 Å². The normalized spacial score (nSPS) is 21.1. The van der Waals surface area contributed by atoms with Crippen molar-refractivity contribution in [3.05, 3.63) is 0 Å². The molecule has 1 aliphatic carbocycles. The van der Waals surface area contributed by atoms with Crippen molar-refractivity contribution in [1.29, 1.82) is 0 Å². The Morgan fingerprint density at radius 3 is 2.00 bits per heavy atom. The summed E-state index contributed by atoms with van der Waals surface area (Å²) in [6.45, 7) is 0. The van der Waals surface area contributed by atoms with Crippen LogP contribution in [0, 0.1) is 0 Å². The lowest BCUT2D eigenvalue weighted by molar-refractivity contribution is 0.401. The van der Waals surface area contributed by atoms with E-state index in [0.29, 0.717) is 0 Å². The Balaban J connectivity index is 2.38. The predicted octanol–water partition coefficient (Wildman–Crippen LogP) is -0.586. The summed E-state index contributed by atoms with van der Waals surface area (Å²) in [5, 5.41) is 0. The van der Waals surface area contributed by atoms with Crippen molar-refractivity contribution in [3.8, 4) is 0 Å². The van der Waals surface area contributed by atoms with Crippen LogP contribution < -0.4 is 4.72 Å². The van der Waals surface area contributed by atoms with Crippen molar-refractivity contribution in [2.75, 3.05) is 0 Å². The van der Waals surface area contributed by atoms with Crippen LogP contribution in [0.2, 0.25) is 0 Å². The monoisotopic (exact) mass is 136 g/mol. The van der Waals surface area contributed by atoms with Gasteiger partial charge in [0.2, 0.25) is 0 Å². The zero-order chi connectivity index (χ0) is 6.20. The van der Waals surface area contributed by atoms with E-state index in [-0.39, 0.29) is 6.04 Å². The Kier molecular flexibility index (Phi) is 1.26. The summed E-state index contributed by atoms with van der Waals surface area (Å²) in [6, 6.07) is -0.0579. The Morgan fingerprint density at radius 2 is 1.88 bits per heavy atom. The molecule has 0 aliphatic heterocycles. The first-order valence-electron chi connectivity index (χ1n) is 2.31. The largest absolute Gasteiger partial charge is 0.363 e. The second kappa shape index (κ2) is 1.68. The van der Waals surface area contributed by atoms with Crippen molar-refractivity contribution < 1.29 is 13.0 Å². The van der Waals surface area contributed by atoms with Crippen molar-refractivity contribution in [1.82, 2.24) is 4.72 Å². The van der Waals surface area contributed by atoms with Crippen LogP contribution in [-0.4, -0.2) is 14.5 Å². The number of nitrogens with one attached hydrogen (secondary N) is 1. The van der Waals surface area contributed by atoms with Crippen LogP contribution in [0.15, 0.2) is 0 Å². The van der Waals surface area contributed by atoms with Gasteiger partial charge in [-0.2, -0.15) is 13.1 Å². The molecule has 0 bridgehead atoms. The van der Waals surface area contributed by atoms with E-state index >= 15 is 0 Å². The second-order valence-electron chi connectivity index (χ2n) is 1.85. The fourth-order valence-corrected chi connectivity index (χ4v) is 1.05. The molecule has 0 heterocycles. The summed E-state index contributed by atoms with van der Waals surface area (Å²) in [6.07, 6.45) is 1.61. The molecule has 0 aromatic carbocycles. The first kappa shape index (κ1) is 6.00. The van der Waals surface area contributed by atoms with Crippen LogP contribution >= 0.6 is 0 Å². The Labute approximate surface area is 47.8 Å². The summed E-state index contributed by atoms with van der Waals surface area (Å²) < 4.78 is 31.4. The van der Waals surface area contributed by atoms with Crippen LogP contribution in [0.3, 0.4) is 0 Å².